The minimum Gasteiger partial charge on any atom is -0.392 e. The molecule has 0 radical (unpaired) electrons. The maximum atomic E-state index is 11.6. The van der Waals surface area contributed by atoms with Gasteiger partial charge in [-0.3, -0.25) is 4.79 Å². The van der Waals surface area contributed by atoms with Crippen LogP contribution in [0.5, 0.6) is 0 Å². The molecule has 1 amide bonds. The van der Waals surface area contributed by atoms with Gasteiger partial charge in [0.1, 0.15) is 0 Å². The van der Waals surface area contributed by atoms with Crippen LogP contribution in [0.1, 0.15) is 45.4 Å². The Morgan fingerprint density at radius 2 is 2.17 bits per heavy atom. The number of rotatable bonds is 7. The molecule has 0 bridgehead atoms. The van der Waals surface area contributed by atoms with Crippen LogP contribution in [0.25, 0.3) is 0 Å². The zero-order valence-electron chi connectivity index (χ0n) is 14.6. The predicted molar refractivity (Wildman–Crippen MR) is 91.8 cm³/mol. The van der Waals surface area contributed by atoms with E-state index in [2.05, 4.69) is 6.08 Å². The van der Waals surface area contributed by atoms with Crippen LogP contribution in [0.15, 0.2) is 23.8 Å². The van der Waals surface area contributed by atoms with Gasteiger partial charge in [0.15, 0.2) is 0 Å². The Kier molecular flexibility index (Phi) is 6.42. The fourth-order valence-electron chi connectivity index (χ4n) is 3.93. The monoisotopic (exact) mass is 321 g/mol. The number of aliphatic hydroxyl groups is 2. The predicted octanol–water partition coefficient (Wildman–Crippen LogP) is 2.52. The number of aliphatic hydroxyl groups excluding tert-OH is 2. The first-order valence-electron chi connectivity index (χ1n) is 8.82. The normalized spacial score (nSPS) is 31.3. The molecule has 0 unspecified atom stereocenters. The van der Waals surface area contributed by atoms with Gasteiger partial charge in [0.25, 0.3) is 0 Å². The number of carbonyl (C=O) groups is 1. The van der Waals surface area contributed by atoms with E-state index >= 15 is 0 Å². The Bertz CT molecular complexity index is 467. The maximum absolute atomic E-state index is 11.6. The molecule has 0 aromatic carbocycles. The number of allylic oxidation sites excluding steroid dienone is 2. The van der Waals surface area contributed by atoms with Crippen molar-refractivity contribution in [2.45, 2.75) is 57.7 Å². The van der Waals surface area contributed by atoms with Gasteiger partial charge >= 0.3 is 0 Å². The van der Waals surface area contributed by atoms with Crippen molar-refractivity contribution < 1.29 is 15.0 Å². The first-order chi connectivity index (χ1) is 10.9. The van der Waals surface area contributed by atoms with Crippen molar-refractivity contribution in [2.75, 3.05) is 14.1 Å². The van der Waals surface area contributed by atoms with E-state index in [1.165, 1.54) is 5.57 Å². The number of carbonyl (C=O) groups excluding carboxylic acids is 1. The van der Waals surface area contributed by atoms with E-state index in [1.54, 1.807) is 32.0 Å². The fraction of sp³-hybridized carbons (Fsp3) is 0.737. The summed E-state index contributed by atoms with van der Waals surface area (Å²) in [5.74, 6) is 1.33. The Hall–Kier alpha value is -1.13. The summed E-state index contributed by atoms with van der Waals surface area (Å²) in [6, 6.07) is 0. The molecule has 2 rings (SSSR count). The van der Waals surface area contributed by atoms with Crippen LogP contribution < -0.4 is 0 Å². The molecule has 0 saturated heterocycles. The minimum atomic E-state index is -0.454. The van der Waals surface area contributed by atoms with Crippen molar-refractivity contribution in [1.82, 2.24) is 4.90 Å². The molecule has 0 spiro atoms. The van der Waals surface area contributed by atoms with Gasteiger partial charge in [0.2, 0.25) is 5.91 Å². The average molecular weight is 321 g/mol. The standard InChI is InChI=1S/C19H31NO3/c1-13(21)8-9-16-17-11-14(10-15(17)12-18(16)22)6-4-5-7-19(23)20(2)3/h8-10,13,15-18,21-22H,4-7,11-12H2,1-3H3/b9-8+/t13-,15-,16+,17-,18+/m0/s1. The van der Waals surface area contributed by atoms with E-state index in [1.807, 2.05) is 6.08 Å². The zero-order chi connectivity index (χ0) is 17.0. The number of hydrogen-bond acceptors (Lipinski definition) is 3. The highest BCUT2D eigenvalue weighted by molar-refractivity contribution is 5.75. The maximum Gasteiger partial charge on any atom is 0.222 e. The molecular formula is C19H31NO3. The molecule has 130 valence electrons. The van der Waals surface area contributed by atoms with Crippen LogP contribution in [0.4, 0.5) is 0 Å². The highest BCUT2D eigenvalue weighted by Gasteiger charge is 2.43. The Morgan fingerprint density at radius 1 is 1.43 bits per heavy atom. The molecule has 2 aliphatic carbocycles. The molecule has 4 nitrogen and oxygen atoms in total. The summed E-state index contributed by atoms with van der Waals surface area (Å²) in [5, 5.41) is 19.6. The van der Waals surface area contributed by atoms with Crippen LogP contribution >= 0.6 is 0 Å². The van der Waals surface area contributed by atoms with Crippen molar-refractivity contribution in [2.24, 2.45) is 17.8 Å². The second kappa shape index (κ2) is 8.11. The van der Waals surface area contributed by atoms with Crippen LogP contribution in [0.2, 0.25) is 0 Å². The van der Waals surface area contributed by atoms with Gasteiger partial charge in [-0.1, -0.05) is 23.8 Å². The largest absolute Gasteiger partial charge is 0.392 e. The third kappa shape index (κ3) is 4.92. The van der Waals surface area contributed by atoms with Crippen molar-refractivity contribution in [3.05, 3.63) is 23.8 Å². The van der Waals surface area contributed by atoms with Crippen molar-refractivity contribution in [1.29, 1.82) is 0 Å². The summed E-state index contributed by atoms with van der Waals surface area (Å²) in [4.78, 5) is 13.2. The van der Waals surface area contributed by atoms with E-state index in [0.717, 1.165) is 32.1 Å². The molecule has 0 heterocycles. The molecular weight excluding hydrogens is 290 g/mol. The summed E-state index contributed by atoms with van der Waals surface area (Å²) >= 11 is 0. The van der Waals surface area contributed by atoms with Crippen LogP contribution in [-0.4, -0.2) is 47.3 Å². The number of fused-ring (bicyclic) bond motifs is 1. The minimum absolute atomic E-state index is 0.165. The number of unbranched alkanes of at least 4 members (excludes halogenated alkanes) is 1. The molecule has 0 aromatic rings. The first-order valence-corrected chi connectivity index (χ1v) is 8.82. The van der Waals surface area contributed by atoms with Gasteiger partial charge in [-0.15, -0.1) is 0 Å². The summed E-state index contributed by atoms with van der Waals surface area (Å²) in [7, 11) is 3.60. The zero-order valence-corrected chi connectivity index (χ0v) is 14.6. The second-order valence-corrected chi connectivity index (χ2v) is 7.36. The lowest BCUT2D eigenvalue weighted by atomic mass is 9.88. The molecule has 5 atom stereocenters. The topological polar surface area (TPSA) is 60.8 Å². The van der Waals surface area contributed by atoms with E-state index in [9.17, 15) is 15.0 Å². The van der Waals surface area contributed by atoms with Crippen molar-refractivity contribution in [3.63, 3.8) is 0 Å². The molecule has 2 aliphatic rings. The molecule has 23 heavy (non-hydrogen) atoms. The molecule has 1 fully saturated rings. The van der Waals surface area contributed by atoms with Gasteiger partial charge in [-0.2, -0.15) is 0 Å². The molecule has 4 heteroatoms. The summed E-state index contributed by atoms with van der Waals surface area (Å²) in [6.45, 7) is 1.74. The molecule has 0 aliphatic heterocycles. The second-order valence-electron chi connectivity index (χ2n) is 7.36. The van der Waals surface area contributed by atoms with E-state index in [0.29, 0.717) is 18.3 Å². The summed E-state index contributed by atoms with van der Waals surface area (Å²) in [6.07, 6.45) is 11.0. The van der Waals surface area contributed by atoms with Crippen LogP contribution in [-0.2, 0) is 4.79 Å². The molecule has 2 N–H and O–H groups in total. The number of hydrogen-bond donors (Lipinski definition) is 2. The summed E-state index contributed by atoms with van der Waals surface area (Å²) in [5.41, 5.74) is 1.49. The third-order valence-corrected chi connectivity index (χ3v) is 5.20. The van der Waals surface area contributed by atoms with Crippen molar-refractivity contribution in [3.8, 4) is 0 Å². The average Bonchev–Trinajstić information content (AvgIpc) is 2.97. The first kappa shape index (κ1) is 18.2. The molecule has 0 aromatic heterocycles. The van der Waals surface area contributed by atoms with E-state index in [4.69, 9.17) is 0 Å². The Balaban J connectivity index is 1.78. The van der Waals surface area contributed by atoms with Crippen LogP contribution in [0.3, 0.4) is 0 Å². The highest BCUT2D eigenvalue weighted by Crippen LogP contribution is 2.48. The lowest BCUT2D eigenvalue weighted by Crippen LogP contribution is -2.21. The van der Waals surface area contributed by atoms with E-state index < -0.39 is 6.10 Å². The quantitative estimate of drug-likeness (QED) is 0.559. The van der Waals surface area contributed by atoms with Gasteiger partial charge in [0, 0.05) is 26.4 Å². The van der Waals surface area contributed by atoms with Gasteiger partial charge < -0.3 is 15.1 Å². The number of amides is 1. The van der Waals surface area contributed by atoms with Gasteiger partial charge in [0.05, 0.1) is 12.2 Å². The molecule has 1 saturated carbocycles. The fourth-order valence-corrected chi connectivity index (χ4v) is 3.93. The Labute approximate surface area is 139 Å². The van der Waals surface area contributed by atoms with E-state index in [-0.39, 0.29) is 17.9 Å². The lowest BCUT2D eigenvalue weighted by Gasteiger charge is -2.18. The SMILES string of the molecule is C[C@H](O)/C=C/[C@@H]1[C@H]2CC(CCCCC(=O)N(C)C)=C[C@H]2C[C@H]1O. The Morgan fingerprint density at radius 3 is 2.83 bits per heavy atom. The smallest absolute Gasteiger partial charge is 0.222 e. The van der Waals surface area contributed by atoms with Crippen LogP contribution in [0, 0.1) is 17.8 Å². The number of nitrogens with zero attached hydrogens (tertiary/aromatic N) is 1. The summed E-state index contributed by atoms with van der Waals surface area (Å²) < 4.78 is 0. The highest BCUT2D eigenvalue weighted by atomic mass is 16.3. The lowest BCUT2D eigenvalue weighted by molar-refractivity contribution is -0.128. The van der Waals surface area contributed by atoms with Gasteiger partial charge in [-0.25, -0.2) is 0 Å². The van der Waals surface area contributed by atoms with Gasteiger partial charge in [-0.05, 0) is 50.9 Å². The third-order valence-electron chi connectivity index (χ3n) is 5.20. The van der Waals surface area contributed by atoms with Crippen molar-refractivity contribution >= 4 is 5.91 Å².